The molecule has 3 aromatic carbocycles. The highest BCUT2D eigenvalue weighted by molar-refractivity contribution is 6.30. The Morgan fingerprint density at radius 3 is 2.38 bits per heavy atom. The van der Waals surface area contributed by atoms with Gasteiger partial charge >= 0.3 is 0 Å². The Morgan fingerprint density at radius 1 is 1.03 bits per heavy atom. The van der Waals surface area contributed by atoms with Gasteiger partial charge in [-0.25, -0.2) is 5.01 Å². The predicted octanol–water partition coefficient (Wildman–Crippen LogP) is 5.51. The number of hydrazone groups is 1. The summed E-state index contributed by atoms with van der Waals surface area (Å²) in [5.74, 6) is 0.774. The summed E-state index contributed by atoms with van der Waals surface area (Å²) in [7, 11) is 0. The third-order valence-electron chi connectivity index (χ3n) is 5.41. The summed E-state index contributed by atoms with van der Waals surface area (Å²) in [4.78, 5) is 15.2. The van der Waals surface area contributed by atoms with Gasteiger partial charge in [-0.05, 0) is 54.8 Å². The second kappa shape index (κ2) is 9.98. The van der Waals surface area contributed by atoms with E-state index < -0.39 is 0 Å². The van der Waals surface area contributed by atoms with E-state index in [1.54, 1.807) is 5.01 Å². The summed E-state index contributed by atoms with van der Waals surface area (Å²) < 4.78 is 5.59. The first kappa shape index (κ1) is 22.1. The van der Waals surface area contributed by atoms with Crippen molar-refractivity contribution in [2.45, 2.75) is 26.6 Å². The Balaban J connectivity index is 1.68. The van der Waals surface area contributed by atoms with Gasteiger partial charge in [0.05, 0.1) is 18.9 Å². The van der Waals surface area contributed by atoms with Gasteiger partial charge in [0, 0.05) is 11.6 Å². The van der Waals surface area contributed by atoms with Gasteiger partial charge in [-0.1, -0.05) is 66.2 Å². The molecule has 1 aliphatic rings. The Labute approximate surface area is 193 Å². The average Bonchev–Trinajstić information content (AvgIpc) is 3.10. The van der Waals surface area contributed by atoms with Crippen LogP contribution >= 0.6 is 11.6 Å². The molecular weight excluding hydrogens is 422 g/mol. The minimum absolute atomic E-state index is 0.0341. The minimum atomic E-state index is -0.305. The first-order valence-corrected chi connectivity index (χ1v) is 11.1. The molecule has 3 aromatic rings. The lowest BCUT2D eigenvalue weighted by molar-refractivity contribution is -0.128. The topological polar surface area (TPSA) is 45.1 Å². The van der Waals surface area contributed by atoms with Gasteiger partial charge in [-0.15, -0.1) is 0 Å². The summed E-state index contributed by atoms with van der Waals surface area (Å²) in [5, 5.41) is 7.02. The smallest absolute Gasteiger partial charge is 0.258 e. The molecule has 0 bridgehead atoms. The van der Waals surface area contributed by atoms with Gasteiger partial charge in [0.2, 0.25) is 0 Å². The normalized spacial score (nSPS) is 17.1. The van der Waals surface area contributed by atoms with Crippen LogP contribution in [-0.2, 0) is 11.3 Å². The number of carbonyl (C=O) groups excluding carboxylic acids is 1. The first-order valence-electron chi connectivity index (χ1n) is 10.7. The van der Waals surface area contributed by atoms with E-state index in [0.29, 0.717) is 24.7 Å². The average molecular weight is 448 g/mol. The molecular formula is C26H26ClN3O2. The number of carbonyl (C=O) groups is 1. The van der Waals surface area contributed by atoms with E-state index in [1.165, 1.54) is 0 Å². The minimum Gasteiger partial charge on any atom is -0.494 e. The van der Waals surface area contributed by atoms with Crippen molar-refractivity contribution in [3.05, 3.63) is 101 Å². The molecule has 0 saturated carbocycles. The molecule has 1 fully saturated rings. The lowest BCUT2D eigenvalue weighted by Gasteiger charge is -2.28. The molecule has 1 saturated heterocycles. The van der Waals surface area contributed by atoms with E-state index in [1.807, 2.05) is 80.6 Å². The molecule has 0 aliphatic carbocycles. The van der Waals surface area contributed by atoms with Crippen LogP contribution in [0.5, 0.6) is 5.75 Å². The highest BCUT2D eigenvalue weighted by Crippen LogP contribution is 2.33. The van der Waals surface area contributed by atoms with Crippen molar-refractivity contribution < 1.29 is 9.53 Å². The second-order valence-corrected chi connectivity index (χ2v) is 8.13. The number of hydrogen-bond donors (Lipinski definition) is 0. The molecule has 1 heterocycles. The van der Waals surface area contributed by atoms with Crippen LogP contribution in [0.4, 0.5) is 0 Å². The van der Waals surface area contributed by atoms with Crippen molar-refractivity contribution in [2.75, 3.05) is 13.2 Å². The summed E-state index contributed by atoms with van der Waals surface area (Å²) >= 11 is 6.02. The Morgan fingerprint density at radius 2 is 1.72 bits per heavy atom. The molecule has 5 nitrogen and oxygen atoms in total. The standard InChI is InChI=1S/C26H26ClN3O2/c1-3-32-24-15-11-22(12-16-24)26-29(17-20-7-5-4-6-8-20)18-25(31)30(26)28-19(2)21-9-13-23(27)14-10-21/h4-16,26H,3,17-18H2,1-2H3. The van der Waals surface area contributed by atoms with Crippen molar-refractivity contribution >= 4 is 23.2 Å². The van der Waals surface area contributed by atoms with Crippen molar-refractivity contribution in [1.29, 1.82) is 0 Å². The number of amides is 1. The van der Waals surface area contributed by atoms with Crippen molar-refractivity contribution in [1.82, 2.24) is 9.91 Å². The van der Waals surface area contributed by atoms with Gasteiger partial charge in [-0.3, -0.25) is 9.69 Å². The lowest BCUT2D eigenvalue weighted by Crippen LogP contribution is -2.29. The molecule has 0 radical (unpaired) electrons. The number of halogens is 1. The lowest BCUT2D eigenvalue weighted by atomic mass is 10.1. The zero-order valence-corrected chi connectivity index (χ0v) is 19.0. The van der Waals surface area contributed by atoms with Crippen LogP contribution in [-0.4, -0.2) is 34.7 Å². The van der Waals surface area contributed by atoms with E-state index in [9.17, 15) is 4.79 Å². The number of hydrogen-bond acceptors (Lipinski definition) is 4. The summed E-state index contributed by atoms with van der Waals surface area (Å²) in [6.45, 7) is 5.42. The molecule has 4 rings (SSSR count). The number of nitrogens with zero attached hydrogens (tertiary/aromatic N) is 3. The van der Waals surface area contributed by atoms with Gasteiger partial charge in [0.25, 0.3) is 5.91 Å². The van der Waals surface area contributed by atoms with E-state index in [2.05, 4.69) is 17.0 Å². The highest BCUT2D eigenvalue weighted by atomic mass is 35.5. The second-order valence-electron chi connectivity index (χ2n) is 7.70. The van der Waals surface area contributed by atoms with E-state index in [0.717, 1.165) is 28.2 Å². The Hall–Kier alpha value is -3.15. The third kappa shape index (κ3) is 5.01. The number of rotatable bonds is 7. The van der Waals surface area contributed by atoms with E-state index >= 15 is 0 Å². The van der Waals surface area contributed by atoms with Crippen LogP contribution in [0.2, 0.25) is 5.02 Å². The molecule has 32 heavy (non-hydrogen) atoms. The molecule has 164 valence electrons. The van der Waals surface area contributed by atoms with Crippen molar-refractivity contribution in [2.24, 2.45) is 5.10 Å². The zero-order chi connectivity index (χ0) is 22.5. The summed E-state index contributed by atoms with van der Waals surface area (Å²) in [5.41, 5.74) is 3.82. The molecule has 0 N–H and O–H groups in total. The van der Waals surface area contributed by atoms with E-state index in [4.69, 9.17) is 21.4 Å². The van der Waals surface area contributed by atoms with Crippen molar-refractivity contribution in [3.8, 4) is 5.75 Å². The van der Waals surface area contributed by atoms with Crippen LogP contribution in [0.15, 0.2) is 84.0 Å². The fourth-order valence-electron chi connectivity index (χ4n) is 3.86. The van der Waals surface area contributed by atoms with E-state index in [-0.39, 0.29) is 12.1 Å². The third-order valence-corrected chi connectivity index (χ3v) is 5.66. The van der Waals surface area contributed by atoms with Gasteiger partial charge in [0.15, 0.2) is 0 Å². The molecule has 0 spiro atoms. The number of benzene rings is 3. The fraction of sp³-hybridized carbons (Fsp3) is 0.231. The predicted molar refractivity (Wildman–Crippen MR) is 128 cm³/mol. The molecule has 1 aliphatic heterocycles. The molecule has 1 unspecified atom stereocenters. The fourth-order valence-corrected chi connectivity index (χ4v) is 3.99. The maximum atomic E-state index is 13.1. The molecule has 1 amide bonds. The number of ether oxygens (including phenoxy) is 1. The monoisotopic (exact) mass is 447 g/mol. The molecule has 6 heteroatoms. The largest absolute Gasteiger partial charge is 0.494 e. The van der Waals surface area contributed by atoms with Gasteiger partial charge < -0.3 is 4.74 Å². The first-order chi connectivity index (χ1) is 15.5. The van der Waals surface area contributed by atoms with Crippen LogP contribution in [0.1, 0.15) is 36.7 Å². The quantitative estimate of drug-likeness (QED) is 0.449. The van der Waals surface area contributed by atoms with Crippen LogP contribution in [0.25, 0.3) is 0 Å². The maximum Gasteiger partial charge on any atom is 0.258 e. The van der Waals surface area contributed by atoms with Crippen LogP contribution < -0.4 is 4.74 Å². The van der Waals surface area contributed by atoms with Crippen LogP contribution in [0, 0.1) is 0 Å². The zero-order valence-electron chi connectivity index (χ0n) is 18.2. The maximum absolute atomic E-state index is 13.1. The molecule has 1 atom stereocenters. The SMILES string of the molecule is CCOc1ccc(C2N(Cc3ccccc3)CC(=O)N2N=C(C)c2ccc(Cl)cc2)cc1. The van der Waals surface area contributed by atoms with Gasteiger partial charge in [0.1, 0.15) is 11.9 Å². The van der Waals surface area contributed by atoms with Crippen molar-refractivity contribution in [3.63, 3.8) is 0 Å². The highest BCUT2D eigenvalue weighted by Gasteiger charge is 2.39. The van der Waals surface area contributed by atoms with Gasteiger partial charge in [-0.2, -0.15) is 5.10 Å². The Bertz CT molecular complexity index is 1080. The summed E-state index contributed by atoms with van der Waals surface area (Å²) in [6, 6.07) is 25.5. The molecule has 0 aromatic heterocycles. The Kier molecular flexibility index (Phi) is 6.88. The summed E-state index contributed by atoms with van der Waals surface area (Å²) in [6.07, 6.45) is -0.305. The van der Waals surface area contributed by atoms with Crippen LogP contribution in [0.3, 0.4) is 0 Å².